The number of nitrogens with zero attached hydrogens (tertiary/aromatic N) is 1. The van der Waals surface area contributed by atoms with E-state index in [9.17, 15) is 4.39 Å². The summed E-state index contributed by atoms with van der Waals surface area (Å²) >= 11 is 3.49. The number of rotatable bonds is 0. The highest BCUT2D eigenvalue weighted by Gasteiger charge is 2.37. The van der Waals surface area contributed by atoms with Crippen LogP contribution in [0.3, 0.4) is 0 Å². The minimum absolute atomic E-state index is 0.0291. The molecule has 2 atom stereocenters. The second kappa shape index (κ2) is 5.25. The van der Waals surface area contributed by atoms with Gasteiger partial charge in [-0.3, -0.25) is 0 Å². The van der Waals surface area contributed by atoms with Crippen LogP contribution in [0.4, 0.5) is 10.1 Å². The first-order valence-corrected chi connectivity index (χ1v) is 8.22. The molecular formula is C17H16BrFN2O. The van der Waals surface area contributed by atoms with E-state index in [1.807, 2.05) is 24.3 Å². The number of hydrogen-bond acceptors (Lipinski definition) is 3. The van der Waals surface area contributed by atoms with Crippen molar-refractivity contribution in [1.29, 1.82) is 0 Å². The summed E-state index contributed by atoms with van der Waals surface area (Å²) in [4.78, 5) is 2.25. The number of para-hydroxylation sites is 1. The molecule has 4 rings (SSSR count). The minimum Gasteiger partial charge on any atom is -0.455 e. The van der Waals surface area contributed by atoms with Crippen LogP contribution in [0.25, 0.3) is 0 Å². The van der Waals surface area contributed by atoms with Crippen LogP contribution in [0.2, 0.25) is 0 Å². The number of halogens is 2. The zero-order valence-corrected chi connectivity index (χ0v) is 13.5. The van der Waals surface area contributed by atoms with Crippen LogP contribution in [0.5, 0.6) is 11.5 Å². The summed E-state index contributed by atoms with van der Waals surface area (Å²) in [5, 5.41) is 0. The first-order valence-electron chi connectivity index (χ1n) is 7.43. The van der Waals surface area contributed by atoms with E-state index in [4.69, 9.17) is 10.5 Å². The second-order valence-corrected chi connectivity index (χ2v) is 6.67. The molecule has 22 heavy (non-hydrogen) atoms. The van der Waals surface area contributed by atoms with Gasteiger partial charge in [0.1, 0.15) is 11.6 Å². The Morgan fingerprint density at radius 2 is 2.05 bits per heavy atom. The van der Waals surface area contributed by atoms with Crippen LogP contribution >= 0.6 is 15.9 Å². The van der Waals surface area contributed by atoms with Crippen molar-refractivity contribution in [2.45, 2.75) is 24.9 Å². The van der Waals surface area contributed by atoms with E-state index in [1.165, 1.54) is 12.1 Å². The molecule has 0 bridgehead atoms. The van der Waals surface area contributed by atoms with Gasteiger partial charge in [0.05, 0.1) is 11.7 Å². The Kier molecular flexibility index (Phi) is 3.35. The lowest BCUT2D eigenvalue weighted by Gasteiger charge is -2.41. The van der Waals surface area contributed by atoms with Crippen LogP contribution in [0.15, 0.2) is 40.9 Å². The van der Waals surface area contributed by atoms with Gasteiger partial charge >= 0.3 is 0 Å². The predicted octanol–water partition coefficient (Wildman–Crippen LogP) is 4.36. The van der Waals surface area contributed by atoms with Crippen molar-refractivity contribution in [1.82, 2.24) is 0 Å². The van der Waals surface area contributed by atoms with Crippen molar-refractivity contribution >= 4 is 21.6 Å². The van der Waals surface area contributed by atoms with E-state index in [1.54, 1.807) is 0 Å². The van der Waals surface area contributed by atoms with Gasteiger partial charge in [0.15, 0.2) is 5.75 Å². The molecule has 1 saturated heterocycles. The molecule has 2 N–H and O–H groups in total. The van der Waals surface area contributed by atoms with Crippen LogP contribution in [-0.2, 0) is 0 Å². The summed E-state index contributed by atoms with van der Waals surface area (Å²) in [6.45, 7) is 0.882. The third-order valence-corrected chi connectivity index (χ3v) is 5.02. The van der Waals surface area contributed by atoms with Crippen molar-refractivity contribution in [3.05, 3.63) is 52.3 Å². The van der Waals surface area contributed by atoms with Gasteiger partial charge in [-0.25, -0.2) is 4.39 Å². The Labute approximate surface area is 137 Å². The lowest BCUT2D eigenvalue weighted by Crippen LogP contribution is -2.45. The topological polar surface area (TPSA) is 38.5 Å². The molecular weight excluding hydrogens is 347 g/mol. The number of nitrogens with two attached hydrogens (primary N) is 1. The fraction of sp³-hybridized carbons (Fsp3) is 0.294. The SMILES string of the molecule is N[C@@H]1CCCN2c3c(Br)cc(F)cc3Oc3ccccc3[C@@H]12. The Hall–Kier alpha value is -1.59. The van der Waals surface area contributed by atoms with E-state index < -0.39 is 0 Å². The van der Waals surface area contributed by atoms with Gasteiger partial charge in [-0.2, -0.15) is 0 Å². The summed E-state index contributed by atoms with van der Waals surface area (Å²) in [6.07, 6.45) is 1.99. The summed E-state index contributed by atoms with van der Waals surface area (Å²) in [6, 6.07) is 10.9. The number of ether oxygens (including phenoxy) is 1. The van der Waals surface area contributed by atoms with Crippen LogP contribution in [0, 0.1) is 5.82 Å². The largest absolute Gasteiger partial charge is 0.455 e. The Morgan fingerprint density at radius 1 is 1.23 bits per heavy atom. The van der Waals surface area contributed by atoms with E-state index >= 15 is 0 Å². The molecule has 1 fully saturated rings. The maximum Gasteiger partial charge on any atom is 0.154 e. The molecule has 2 heterocycles. The monoisotopic (exact) mass is 362 g/mol. The van der Waals surface area contributed by atoms with E-state index in [0.29, 0.717) is 10.2 Å². The molecule has 0 unspecified atom stereocenters. The molecule has 0 aliphatic carbocycles. The predicted molar refractivity (Wildman–Crippen MR) is 87.9 cm³/mol. The number of benzene rings is 2. The Morgan fingerprint density at radius 3 is 2.91 bits per heavy atom. The highest BCUT2D eigenvalue weighted by Crippen LogP contribution is 2.50. The van der Waals surface area contributed by atoms with Crippen molar-refractivity contribution < 1.29 is 9.13 Å². The standard InChI is InChI=1S/C17H16BrFN2O/c18-12-8-10(19)9-15-17(12)21-7-3-5-13(20)16(21)11-4-1-2-6-14(11)22-15/h1-2,4,6,8-9,13,16H,3,5,7,20H2/t13-,16+/m1/s1. The summed E-state index contributed by atoms with van der Waals surface area (Å²) in [7, 11) is 0. The molecule has 2 aromatic rings. The first-order chi connectivity index (χ1) is 10.6. The maximum atomic E-state index is 13.8. The smallest absolute Gasteiger partial charge is 0.154 e. The Balaban J connectivity index is 1.98. The van der Waals surface area contributed by atoms with Crippen LogP contribution < -0.4 is 15.4 Å². The lowest BCUT2D eigenvalue weighted by atomic mass is 9.90. The molecule has 2 aromatic carbocycles. The molecule has 5 heteroatoms. The van der Waals surface area contributed by atoms with Crippen molar-refractivity contribution in [2.24, 2.45) is 5.73 Å². The average molecular weight is 363 g/mol. The van der Waals surface area contributed by atoms with Crippen molar-refractivity contribution in [2.75, 3.05) is 11.4 Å². The third-order valence-electron chi connectivity index (χ3n) is 4.42. The molecule has 0 aromatic heterocycles. The maximum absolute atomic E-state index is 13.8. The molecule has 0 saturated carbocycles. The Bertz CT molecular complexity index is 737. The van der Waals surface area contributed by atoms with Crippen molar-refractivity contribution in [3.8, 4) is 11.5 Å². The lowest BCUT2D eigenvalue weighted by molar-refractivity contribution is 0.408. The fourth-order valence-corrected chi connectivity index (χ4v) is 4.15. The van der Waals surface area contributed by atoms with Gasteiger partial charge in [-0.05, 0) is 40.9 Å². The molecule has 0 spiro atoms. The molecule has 3 nitrogen and oxygen atoms in total. The quantitative estimate of drug-likeness (QED) is 0.756. The van der Waals surface area contributed by atoms with Gasteiger partial charge in [-0.15, -0.1) is 0 Å². The van der Waals surface area contributed by atoms with Gasteiger partial charge in [-0.1, -0.05) is 18.2 Å². The first kappa shape index (κ1) is 14.0. The van der Waals surface area contributed by atoms with E-state index in [0.717, 1.165) is 36.4 Å². The minimum atomic E-state index is -0.317. The van der Waals surface area contributed by atoms with Gasteiger partial charge < -0.3 is 15.4 Å². The number of piperidine rings is 1. The summed E-state index contributed by atoms with van der Waals surface area (Å²) < 4.78 is 20.6. The zero-order chi connectivity index (χ0) is 15.3. The zero-order valence-electron chi connectivity index (χ0n) is 11.9. The van der Waals surface area contributed by atoms with Crippen LogP contribution in [-0.4, -0.2) is 12.6 Å². The molecule has 114 valence electrons. The molecule has 2 aliphatic heterocycles. The normalized spacial score (nSPS) is 23.0. The second-order valence-electron chi connectivity index (χ2n) is 5.82. The number of fused-ring (bicyclic) bond motifs is 5. The highest BCUT2D eigenvalue weighted by molar-refractivity contribution is 9.10. The van der Waals surface area contributed by atoms with E-state index in [-0.39, 0.29) is 17.9 Å². The summed E-state index contributed by atoms with van der Waals surface area (Å²) in [5.74, 6) is 0.977. The van der Waals surface area contributed by atoms with Gasteiger partial charge in [0.25, 0.3) is 0 Å². The molecule has 2 aliphatic rings. The van der Waals surface area contributed by atoms with Gasteiger partial charge in [0, 0.05) is 28.7 Å². The summed E-state index contributed by atoms with van der Waals surface area (Å²) in [5.41, 5.74) is 8.38. The van der Waals surface area contributed by atoms with Crippen molar-refractivity contribution in [3.63, 3.8) is 0 Å². The average Bonchev–Trinajstić information content (AvgIpc) is 2.61. The van der Waals surface area contributed by atoms with Gasteiger partial charge in [0.2, 0.25) is 0 Å². The van der Waals surface area contributed by atoms with E-state index in [2.05, 4.69) is 20.8 Å². The molecule has 0 amide bonds. The number of hydrogen-bond donors (Lipinski definition) is 1. The van der Waals surface area contributed by atoms with Crippen LogP contribution in [0.1, 0.15) is 24.4 Å². The highest BCUT2D eigenvalue weighted by atomic mass is 79.9. The fourth-order valence-electron chi connectivity index (χ4n) is 3.51. The third kappa shape index (κ3) is 2.11. The number of anilines is 1. The molecule has 0 radical (unpaired) electrons.